The van der Waals surface area contributed by atoms with Gasteiger partial charge in [0.1, 0.15) is 0 Å². The highest BCUT2D eigenvalue weighted by Gasteiger charge is 2.09. The average Bonchev–Trinajstić information content (AvgIpc) is 2.05. The molecule has 0 saturated carbocycles. The second-order valence-electron chi connectivity index (χ2n) is 2.35. The molecule has 1 nitrogen and oxygen atoms in total. The predicted molar refractivity (Wildman–Crippen MR) is 59.5 cm³/mol. The molecule has 0 amide bonds. The molecule has 3 heteroatoms. The van der Waals surface area contributed by atoms with Crippen molar-refractivity contribution in [3.8, 4) is 0 Å². The van der Waals surface area contributed by atoms with E-state index in [1.807, 2.05) is 37.3 Å². The molecule has 66 valence electrons. The molecule has 1 aromatic rings. The molecule has 0 heterocycles. The fourth-order valence-electron chi connectivity index (χ4n) is 0.832. The number of ketones is 1. The summed E-state index contributed by atoms with van der Waals surface area (Å²) in [5.41, 5.74) is 0.761. The number of hydrogen-bond donors (Lipinski definition) is 0. The fraction of sp³-hybridized carbons (Fsp3) is 0.222. The van der Waals surface area contributed by atoms with Gasteiger partial charge in [-0.25, -0.2) is 0 Å². The third-order valence-corrected chi connectivity index (χ3v) is 1.84. The van der Waals surface area contributed by atoms with Crippen LogP contribution in [0.1, 0.15) is 17.3 Å². The molecule has 1 aromatic carbocycles. The molecule has 1 unspecified atom stereocenters. The molecular formula is C9H10Br2O. The fourth-order valence-corrected chi connectivity index (χ4v) is 1.10. The summed E-state index contributed by atoms with van der Waals surface area (Å²) < 4.78 is 0. The average molecular weight is 294 g/mol. The molecule has 0 bridgehead atoms. The van der Waals surface area contributed by atoms with Gasteiger partial charge in [0.05, 0.1) is 4.83 Å². The van der Waals surface area contributed by atoms with Crippen LogP contribution in [0.15, 0.2) is 30.3 Å². The monoisotopic (exact) mass is 292 g/mol. The molecule has 0 spiro atoms. The number of hydrogen-bond acceptors (Lipinski definition) is 1. The number of Topliss-reactive ketones (excluding diaryl/α,β-unsaturated/α-hetero) is 1. The van der Waals surface area contributed by atoms with E-state index in [9.17, 15) is 4.79 Å². The summed E-state index contributed by atoms with van der Waals surface area (Å²) in [6.07, 6.45) is 0. The summed E-state index contributed by atoms with van der Waals surface area (Å²) in [7, 11) is 0. The summed E-state index contributed by atoms with van der Waals surface area (Å²) in [5.74, 6) is 0.130. The van der Waals surface area contributed by atoms with Gasteiger partial charge in [0.15, 0.2) is 5.78 Å². The van der Waals surface area contributed by atoms with Crippen molar-refractivity contribution < 1.29 is 4.79 Å². The maximum atomic E-state index is 11.3. The third kappa shape index (κ3) is 3.07. The predicted octanol–water partition coefficient (Wildman–Crippen LogP) is 3.23. The Kier molecular flexibility index (Phi) is 5.42. The highest BCUT2D eigenvalue weighted by atomic mass is 79.9. The van der Waals surface area contributed by atoms with Gasteiger partial charge in [-0.2, -0.15) is 0 Å². The highest BCUT2D eigenvalue weighted by molar-refractivity contribution is 9.10. The molecule has 0 aliphatic heterocycles. The maximum Gasteiger partial charge on any atom is 0.176 e. The molecule has 0 aromatic heterocycles. The molecule has 0 saturated heterocycles. The van der Waals surface area contributed by atoms with Crippen LogP contribution in [0.3, 0.4) is 0 Å². The molecule has 12 heavy (non-hydrogen) atoms. The Bertz CT molecular complexity index is 244. The van der Waals surface area contributed by atoms with Crippen molar-refractivity contribution in [3.05, 3.63) is 35.9 Å². The van der Waals surface area contributed by atoms with Crippen LogP contribution in [0.4, 0.5) is 0 Å². The second kappa shape index (κ2) is 5.49. The molecule has 1 atom stereocenters. The number of alkyl halides is 1. The summed E-state index contributed by atoms with van der Waals surface area (Å²) >= 11 is 3.23. The summed E-state index contributed by atoms with van der Waals surface area (Å²) in [4.78, 5) is 11.2. The first-order chi connectivity index (χ1) is 5.22. The SMILES string of the molecule is Br.CC(Br)C(=O)c1ccccc1. The van der Waals surface area contributed by atoms with E-state index in [0.717, 1.165) is 5.56 Å². The van der Waals surface area contributed by atoms with Crippen molar-refractivity contribution in [1.82, 2.24) is 0 Å². The van der Waals surface area contributed by atoms with Crippen molar-refractivity contribution in [2.75, 3.05) is 0 Å². The van der Waals surface area contributed by atoms with Gasteiger partial charge in [-0.3, -0.25) is 4.79 Å². The number of carbonyl (C=O) groups excluding carboxylic acids is 1. The Morgan fingerprint density at radius 1 is 1.33 bits per heavy atom. The van der Waals surface area contributed by atoms with Crippen molar-refractivity contribution in [2.45, 2.75) is 11.8 Å². The van der Waals surface area contributed by atoms with Gasteiger partial charge >= 0.3 is 0 Å². The van der Waals surface area contributed by atoms with E-state index in [1.165, 1.54) is 0 Å². The molecule has 0 radical (unpaired) electrons. The second-order valence-corrected chi connectivity index (χ2v) is 3.72. The maximum absolute atomic E-state index is 11.3. The minimum atomic E-state index is -0.0927. The Labute approximate surface area is 91.1 Å². The van der Waals surface area contributed by atoms with Crippen molar-refractivity contribution in [3.63, 3.8) is 0 Å². The Balaban J connectivity index is 0.00000121. The van der Waals surface area contributed by atoms with Gasteiger partial charge in [0.2, 0.25) is 0 Å². The number of benzene rings is 1. The highest BCUT2D eigenvalue weighted by Crippen LogP contribution is 2.08. The van der Waals surface area contributed by atoms with Crippen LogP contribution in [-0.2, 0) is 0 Å². The quantitative estimate of drug-likeness (QED) is 0.604. The lowest BCUT2D eigenvalue weighted by Gasteiger charge is -2.00. The van der Waals surface area contributed by atoms with Crippen molar-refractivity contribution in [2.24, 2.45) is 0 Å². The molecule has 0 fully saturated rings. The van der Waals surface area contributed by atoms with E-state index in [-0.39, 0.29) is 27.6 Å². The number of rotatable bonds is 2. The minimum absolute atomic E-state index is 0. The van der Waals surface area contributed by atoms with Crippen LogP contribution >= 0.6 is 32.9 Å². The zero-order chi connectivity index (χ0) is 8.27. The van der Waals surface area contributed by atoms with Crippen molar-refractivity contribution >= 4 is 38.7 Å². The zero-order valence-electron chi connectivity index (χ0n) is 6.66. The van der Waals surface area contributed by atoms with Gasteiger partial charge in [-0.1, -0.05) is 46.3 Å². The Morgan fingerprint density at radius 3 is 2.25 bits per heavy atom. The normalized spacial score (nSPS) is 11.5. The summed E-state index contributed by atoms with van der Waals surface area (Å²) in [6, 6.07) is 9.26. The van der Waals surface area contributed by atoms with Crippen molar-refractivity contribution in [1.29, 1.82) is 0 Å². The Morgan fingerprint density at radius 2 is 1.83 bits per heavy atom. The van der Waals surface area contributed by atoms with Crippen LogP contribution in [0.25, 0.3) is 0 Å². The summed E-state index contributed by atoms with van der Waals surface area (Å²) in [5, 5.41) is 0. The van der Waals surface area contributed by atoms with Gasteiger partial charge in [0.25, 0.3) is 0 Å². The lowest BCUT2D eigenvalue weighted by atomic mass is 10.1. The van der Waals surface area contributed by atoms with Crippen LogP contribution in [0.2, 0.25) is 0 Å². The zero-order valence-corrected chi connectivity index (χ0v) is 9.96. The largest absolute Gasteiger partial charge is 0.293 e. The molecule has 1 rings (SSSR count). The summed E-state index contributed by atoms with van der Waals surface area (Å²) in [6.45, 7) is 1.83. The van der Waals surface area contributed by atoms with E-state index < -0.39 is 0 Å². The van der Waals surface area contributed by atoms with E-state index in [2.05, 4.69) is 15.9 Å². The van der Waals surface area contributed by atoms with Crippen LogP contribution in [0.5, 0.6) is 0 Å². The minimum Gasteiger partial charge on any atom is -0.293 e. The number of halogens is 2. The molecule has 0 aliphatic rings. The van der Waals surface area contributed by atoms with E-state index >= 15 is 0 Å². The molecule has 0 N–H and O–H groups in total. The Hall–Kier alpha value is -0.150. The molecular weight excluding hydrogens is 284 g/mol. The first-order valence-corrected chi connectivity index (χ1v) is 4.36. The smallest absolute Gasteiger partial charge is 0.176 e. The van der Waals surface area contributed by atoms with Gasteiger partial charge in [-0.05, 0) is 6.92 Å². The van der Waals surface area contributed by atoms with E-state index in [0.29, 0.717) is 0 Å². The standard InChI is InChI=1S/C9H9BrO.BrH/c1-7(10)9(11)8-5-3-2-4-6-8;/h2-7H,1H3;1H. The first-order valence-electron chi connectivity index (χ1n) is 3.45. The molecule has 0 aliphatic carbocycles. The van der Waals surface area contributed by atoms with Crippen LogP contribution in [0, 0.1) is 0 Å². The van der Waals surface area contributed by atoms with Crippen LogP contribution < -0.4 is 0 Å². The number of carbonyl (C=O) groups is 1. The third-order valence-electron chi connectivity index (χ3n) is 1.42. The lowest BCUT2D eigenvalue weighted by molar-refractivity contribution is 0.0996. The van der Waals surface area contributed by atoms with E-state index in [1.54, 1.807) is 0 Å². The first kappa shape index (κ1) is 11.8. The van der Waals surface area contributed by atoms with Gasteiger partial charge in [-0.15, -0.1) is 17.0 Å². The van der Waals surface area contributed by atoms with E-state index in [4.69, 9.17) is 0 Å². The van der Waals surface area contributed by atoms with Gasteiger partial charge in [0, 0.05) is 5.56 Å². The van der Waals surface area contributed by atoms with Crippen LogP contribution in [-0.4, -0.2) is 10.6 Å². The lowest BCUT2D eigenvalue weighted by Crippen LogP contribution is -2.09. The topological polar surface area (TPSA) is 17.1 Å². The van der Waals surface area contributed by atoms with Gasteiger partial charge < -0.3 is 0 Å².